The van der Waals surface area contributed by atoms with E-state index in [1.807, 2.05) is 13.8 Å². The molecule has 1 fully saturated rings. The van der Waals surface area contributed by atoms with Crippen molar-refractivity contribution in [1.82, 2.24) is 10.6 Å². The normalized spacial score (nSPS) is 18.1. The third kappa shape index (κ3) is 6.42. The Morgan fingerprint density at radius 1 is 1.32 bits per heavy atom. The molecule has 0 saturated carbocycles. The molecule has 1 aliphatic heterocycles. The number of carboxylic acid groups (broad SMARTS) is 1. The van der Waals surface area contributed by atoms with Crippen LogP contribution < -0.4 is 10.6 Å². The van der Waals surface area contributed by atoms with Crippen molar-refractivity contribution in [2.75, 3.05) is 19.8 Å². The number of ether oxygens (including phenoxy) is 1. The van der Waals surface area contributed by atoms with Crippen LogP contribution in [0.3, 0.4) is 0 Å². The topological polar surface area (TPSA) is 87.7 Å². The number of aliphatic carboxylic acids is 1. The quantitative estimate of drug-likeness (QED) is 0.678. The van der Waals surface area contributed by atoms with Gasteiger partial charge in [-0.3, -0.25) is 4.79 Å². The second-order valence-electron chi connectivity index (χ2n) is 5.36. The molecule has 0 spiro atoms. The third-order valence-corrected chi connectivity index (χ3v) is 3.41. The summed E-state index contributed by atoms with van der Waals surface area (Å²) in [6, 6.07) is -0.626. The van der Waals surface area contributed by atoms with E-state index in [9.17, 15) is 9.59 Å². The molecule has 0 bridgehead atoms. The predicted molar refractivity (Wildman–Crippen MR) is 71.0 cm³/mol. The fraction of sp³-hybridized carbons (Fsp3) is 0.846. The highest BCUT2D eigenvalue weighted by Gasteiger charge is 2.20. The molecule has 1 aliphatic rings. The van der Waals surface area contributed by atoms with Crippen molar-refractivity contribution in [1.29, 1.82) is 0 Å². The molecule has 1 rings (SSSR count). The standard InChI is InChI=1S/C13H24N2O4/c1-9(2)11(7-12(16)17)15-13(18)14-8-10-3-5-19-6-4-10/h9-11H,3-8H2,1-2H3,(H,16,17)(H2,14,15,18). The Balaban J connectivity index is 2.29. The van der Waals surface area contributed by atoms with E-state index in [4.69, 9.17) is 9.84 Å². The van der Waals surface area contributed by atoms with Crippen LogP contribution >= 0.6 is 0 Å². The molecule has 0 radical (unpaired) electrons. The molecule has 2 amide bonds. The summed E-state index contributed by atoms with van der Waals surface area (Å²) in [5.41, 5.74) is 0. The van der Waals surface area contributed by atoms with Crippen molar-refractivity contribution < 1.29 is 19.4 Å². The van der Waals surface area contributed by atoms with E-state index in [2.05, 4.69) is 10.6 Å². The van der Waals surface area contributed by atoms with Crippen LogP contribution in [0, 0.1) is 11.8 Å². The van der Waals surface area contributed by atoms with Gasteiger partial charge in [-0.05, 0) is 24.7 Å². The van der Waals surface area contributed by atoms with Crippen molar-refractivity contribution in [3.05, 3.63) is 0 Å². The Labute approximate surface area is 113 Å². The number of carbonyl (C=O) groups is 2. The van der Waals surface area contributed by atoms with E-state index < -0.39 is 5.97 Å². The Morgan fingerprint density at radius 2 is 1.95 bits per heavy atom. The van der Waals surface area contributed by atoms with E-state index in [1.165, 1.54) is 0 Å². The lowest BCUT2D eigenvalue weighted by molar-refractivity contribution is -0.137. The monoisotopic (exact) mass is 272 g/mol. The number of carboxylic acids is 1. The van der Waals surface area contributed by atoms with E-state index in [0.29, 0.717) is 12.5 Å². The minimum Gasteiger partial charge on any atom is -0.481 e. The summed E-state index contributed by atoms with van der Waals surface area (Å²) in [5, 5.41) is 14.3. The Hall–Kier alpha value is -1.30. The number of hydrogen-bond donors (Lipinski definition) is 3. The van der Waals surface area contributed by atoms with Crippen LogP contribution in [0.5, 0.6) is 0 Å². The van der Waals surface area contributed by atoms with Crippen LogP contribution in [-0.4, -0.2) is 42.9 Å². The lowest BCUT2D eigenvalue weighted by atomic mass is 10.0. The van der Waals surface area contributed by atoms with Gasteiger partial charge in [0.15, 0.2) is 0 Å². The van der Waals surface area contributed by atoms with Crippen LogP contribution in [0.4, 0.5) is 4.79 Å². The van der Waals surface area contributed by atoms with Gasteiger partial charge in [-0.2, -0.15) is 0 Å². The number of hydrogen-bond acceptors (Lipinski definition) is 3. The van der Waals surface area contributed by atoms with Crippen LogP contribution in [0.25, 0.3) is 0 Å². The van der Waals surface area contributed by atoms with Crippen molar-refractivity contribution in [2.45, 2.75) is 39.2 Å². The van der Waals surface area contributed by atoms with E-state index in [0.717, 1.165) is 26.1 Å². The summed E-state index contributed by atoms with van der Waals surface area (Å²) in [6.45, 7) is 5.91. The second-order valence-corrected chi connectivity index (χ2v) is 5.36. The molecule has 6 heteroatoms. The number of nitrogens with one attached hydrogen (secondary N) is 2. The maximum atomic E-state index is 11.7. The summed E-state index contributed by atoms with van der Waals surface area (Å²) in [6.07, 6.45) is 1.87. The number of rotatable bonds is 6. The van der Waals surface area contributed by atoms with Crippen molar-refractivity contribution >= 4 is 12.0 Å². The average Bonchev–Trinajstić information content (AvgIpc) is 2.36. The zero-order valence-corrected chi connectivity index (χ0v) is 11.6. The van der Waals surface area contributed by atoms with Gasteiger partial charge in [0.2, 0.25) is 0 Å². The second kappa shape index (κ2) is 7.99. The minimum atomic E-state index is -0.900. The Kier molecular flexibility index (Phi) is 6.62. The molecule has 19 heavy (non-hydrogen) atoms. The fourth-order valence-corrected chi connectivity index (χ4v) is 2.05. The maximum Gasteiger partial charge on any atom is 0.315 e. The largest absolute Gasteiger partial charge is 0.481 e. The van der Waals surface area contributed by atoms with Gasteiger partial charge in [-0.15, -0.1) is 0 Å². The van der Waals surface area contributed by atoms with E-state index in [-0.39, 0.29) is 24.4 Å². The zero-order valence-electron chi connectivity index (χ0n) is 11.6. The minimum absolute atomic E-state index is 0.0532. The maximum absolute atomic E-state index is 11.7. The van der Waals surface area contributed by atoms with Gasteiger partial charge < -0.3 is 20.5 Å². The summed E-state index contributed by atoms with van der Waals surface area (Å²) in [7, 11) is 0. The SMILES string of the molecule is CC(C)C(CC(=O)O)NC(=O)NCC1CCOCC1. The van der Waals surface area contributed by atoms with Gasteiger partial charge in [0.1, 0.15) is 0 Å². The van der Waals surface area contributed by atoms with Gasteiger partial charge >= 0.3 is 12.0 Å². The van der Waals surface area contributed by atoms with Gasteiger partial charge in [0.25, 0.3) is 0 Å². The first kappa shape index (κ1) is 15.8. The number of amides is 2. The fourth-order valence-electron chi connectivity index (χ4n) is 2.05. The van der Waals surface area contributed by atoms with Crippen LogP contribution in [-0.2, 0) is 9.53 Å². The lowest BCUT2D eigenvalue weighted by Crippen LogP contribution is -2.46. The van der Waals surface area contributed by atoms with E-state index in [1.54, 1.807) is 0 Å². The van der Waals surface area contributed by atoms with Gasteiger partial charge in [0, 0.05) is 25.8 Å². The van der Waals surface area contributed by atoms with Crippen molar-refractivity contribution in [3.63, 3.8) is 0 Å². The smallest absolute Gasteiger partial charge is 0.315 e. The molecule has 3 N–H and O–H groups in total. The van der Waals surface area contributed by atoms with Crippen molar-refractivity contribution in [2.24, 2.45) is 11.8 Å². The number of carbonyl (C=O) groups excluding carboxylic acids is 1. The molecule has 1 saturated heterocycles. The first-order valence-corrected chi connectivity index (χ1v) is 6.83. The molecule has 1 atom stereocenters. The molecule has 6 nitrogen and oxygen atoms in total. The van der Waals surface area contributed by atoms with Gasteiger partial charge in [0.05, 0.1) is 6.42 Å². The van der Waals surface area contributed by atoms with E-state index >= 15 is 0 Å². The van der Waals surface area contributed by atoms with Crippen LogP contribution in [0.15, 0.2) is 0 Å². The first-order valence-electron chi connectivity index (χ1n) is 6.83. The predicted octanol–water partition coefficient (Wildman–Crippen LogP) is 1.21. The lowest BCUT2D eigenvalue weighted by Gasteiger charge is -2.24. The summed E-state index contributed by atoms with van der Waals surface area (Å²) in [4.78, 5) is 22.5. The molecular formula is C13H24N2O4. The summed E-state index contributed by atoms with van der Waals surface area (Å²) in [5.74, 6) is -0.357. The molecule has 1 heterocycles. The Bertz CT molecular complexity index is 301. The summed E-state index contributed by atoms with van der Waals surface area (Å²) < 4.78 is 5.25. The van der Waals surface area contributed by atoms with Crippen LogP contribution in [0.2, 0.25) is 0 Å². The van der Waals surface area contributed by atoms with Crippen LogP contribution in [0.1, 0.15) is 33.1 Å². The molecule has 0 aliphatic carbocycles. The van der Waals surface area contributed by atoms with Gasteiger partial charge in [-0.25, -0.2) is 4.79 Å². The molecule has 0 aromatic heterocycles. The highest BCUT2D eigenvalue weighted by Crippen LogP contribution is 2.13. The molecule has 1 unspecified atom stereocenters. The van der Waals surface area contributed by atoms with Gasteiger partial charge in [-0.1, -0.05) is 13.8 Å². The summed E-state index contributed by atoms with van der Waals surface area (Å²) >= 11 is 0. The molecular weight excluding hydrogens is 248 g/mol. The first-order chi connectivity index (χ1) is 8.99. The highest BCUT2D eigenvalue weighted by molar-refractivity contribution is 5.75. The third-order valence-electron chi connectivity index (χ3n) is 3.41. The highest BCUT2D eigenvalue weighted by atomic mass is 16.5. The molecule has 0 aromatic carbocycles. The average molecular weight is 272 g/mol. The Morgan fingerprint density at radius 3 is 2.47 bits per heavy atom. The number of urea groups is 1. The van der Waals surface area contributed by atoms with Crippen molar-refractivity contribution in [3.8, 4) is 0 Å². The zero-order chi connectivity index (χ0) is 14.3. The molecule has 110 valence electrons. The molecule has 0 aromatic rings.